The number of benzene rings is 2. The molecule has 2 amide bonds. The van der Waals surface area contributed by atoms with Crippen LogP contribution in [0.2, 0.25) is 0 Å². The summed E-state index contributed by atoms with van der Waals surface area (Å²) in [5.74, 6) is -3.75. The number of piperazine rings is 1. The second-order valence-corrected chi connectivity index (χ2v) is 15.9. The molecule has 8 heterocycles. The van der Waals surface area contributed by atoms with E-state index in [-0.39, 0.29) is 79.5 Å². The number of halogens is 6. The van der Waals surface area contributed by atoms with Gasteiger partial charge in [0.2, 0.25) is 11.9 Å². The van der Waals surface area contributed by atoms with E-state index in [1.807, 2.05) is 4.57 Å². The van der Waals surface area contributed by atoms with E-state index < -0.39 is 59.9 Å². The minimum absolute atomic E-state index is 0.0318. The van der Waals surface area contributed by atoms with Crippen molar-refractivity contribution in [2.75, 3.05) is 50.1 Å². The Balaban J connectivity index is 1.08. The van der Waals surface area contributed by atoms with E-state index in [4.69, 9.17) is 19.4 Å². The van der Waals surface area contributed by atoms with Crippen molar-refractivity contribution < 1.29 is 45.4 Å². The Labute approximate surface area is 347 Å². The number of amides is 2. The number of alkyl halides is 3. The summed E-state index contributed by atoms with van der Waals surface area (Å²) in [4.78, 5) is 56.0. The molecule has 5 atom stereocenters. The van der Waals surface area contributed by atoms with E-state index in [9.17, 15) is 27.2 Å². The van der Waals surface area contributed by atoms with Crippen molar-refractivity contribution >= 4 is 45.6 Å². The number of hydrogen-bond donors (Lipinski definition) is 0. The predicted octanol–water partition coefficient (Wildman–Crippen LogP) is 4.21. The molecule has 3 fully saturated rings. The molecule has 22 heteroatoms. The number of fused-ring (bicyclic) bond motifs is 8. The number of ether oxygens (including phenoxy) is 2. The molecule has 0 saturated carbocycles. The molecule has 4 aliphatic rings. The Hall–Kier alpha value is -6.58. The van der Waals surface area contributed by atoms with Gasteiger partial charge in [0.25, 0.3) is 0 Å². The number of methoxy groups -OCH3 is 1. The van der Waals surface area contributed by atoms with Gasteiger partial charge in [-0.15, -0.1) is 0 Å². The third-order valence-corrected chi connectivity index (χ3v) is 12.1. The molecule has 3 saturated heterocycles. The van der Waals surface area contributed by atoms with Gasteiger partial charge in [0.1, 0.15) is 41.1 Å². The van der Waals surface area contributed by atoms with Crippen LogP contribution >= 0.6 is 0 Å². The highest BCUT2D eigenvalue weighted by atomic mass is 19.4. The van der Waals surface area contributed by atoms with Gasteiger partial charge in [0.05, 0.1) is 59.6 Å². The number of likely N-dealkylation sites (tertiary alicyclic amines) is 1. The summed E-state index contributed by atoms with van der Waals surface area (Å²) in [5.41, 5.74) is 1.75. The second kappa shape index (κ2) is 14.5. The fraction of sp³-hybridized carbons (Fsp3) is 0.400. The quantitative estimate of drug-likeness (QED) is 0.234. The number of hydrogen-bond acceptors (Lipinski definition) is 12. The Kier molecular flexibility index (Phi) is 9.26. The third-order valence-electron chi connectivity index (χ3n) is 12.1. The Morgan fingerprint density at radius 2 is 1.71 bits per heavy atom. The van der Waals surface area contributed by atoms with Crippen LogP contribution in [-0.4, -0.2) is 138 Å². The van der Waals surface area contributed by atoms with Gasteiger partial charge in [0, 0.05) is 64.1 Å². The van der Waals surface area contributed by atoms with Crippen molar-refractivity contribution in [2.45, 2.75) is 62.8 Å². The van der Waals surface area contributed by atoms with Gasteiger partial charge >= 0.3 is 18.1 Å². The minimum Gasteiger partial charge on any atom is -0.458 e. The van der Waals surface area contributed by atoms with Gasteiger partial charge in [-0.05, 0) is 37.6 Å². The summed E-state index contributed by atoms with van der Waals surface area (Å²) in [7, 11) is 3.16. The van der Waals surface area contributed by atoms with Crippen molar-refractivity contribution in [3.8, 4) is 23.0 Å². The third kappa shape index (κ3) is 6.57. The van der Waals surface area contributed by atoms with Gasteiger partial charge < -0.3 is 33.6 Å². The van der Waals surface area contributed by atoms with Crippen LogP contribution in [0.5, 0.6) is 6.01 Å². The molecular weight excluding hydrogens is 827 g/mol. The molecule has 4 aliphatic heterocycles. The molecule has 6 aromatic rings. The number of piperidine rings is 1. The average Bonchev–Trinajstić information content (AvgIpc) is 3.93. The van der Waals surface area contributed by atoms with E-state index in [1.54, 1.807) is 29.8 Å². The lowest BCUT2D eigenvalue weighted by atomic mass is 9.87. The molecule has 0 N–H and O–H groups in total. The van der Waals surface area contributed by atoms with Crippen LogP contribution in [0, 0.1) is 24.4 Å². The number of rotatable bonds is 4. The first kappa shape index (κ1) is 39.5. The zero-order valence-corrected chi connectivity index (χ0v) is 33.2. The minimum atomic E-state index is -5.05. The monoisotopic (exact) mass is 862 g/mol. The lowest BCUT2D eigenvalue weighted by Crippen LogP contribution is -2.71. The molecule has 2 unspecified atom stereocenters. The average molecular weight is 863 g/mol. The van der Waals surface area contributed by atoms with E-state index in [0.29, 0.717) is 40.6 Å². The summed E-state index contributed by atoms with van der Waals surface area (Å²) in [5, 5.41) is 4.70. The molecule has 2 aromatic carbocycles. The number of imidazole rings is 1. The summed E-state index contributed by atoms with van der Waals surface area (Å²) in [6, 6.07) is 5.11. The van der Waals surface area contributed by atoms with Crippen LogP contribution < -0.4 is 14.5 Å². The van der Waals surface area contributed by atoms with E-state index in [0.717, 1.165) is 15.6 Å². The molecule has 0 spiro atoms. The number of aryl methyl sites for hydroxylation is 1. The maximum Gasteiger partial charge on any atom is 0.471 e. The Morgan fingerprint density at radius 1 is 0.919 bits per heavy atom. The molecule has 322 valence electrons. The number of aromatic nitrogens is 8. The highest BCUT2D eigenvalue weighted by Gasteiger charge is 2.53. The molecule has 0 aliphatic carbocycles. The largest absolute Gasteiger partial charge is 0.471 e. The van der Waals surface area contributed by atoms with Gasteiger partial charge in [-0.1, -0.05) is 0 Å². The Morgan fingerprint density at radius 3 is 2.45 bits per heavy atom. The summed E-state index contributed by atoms with van der Waals surface area (Å²) >= 11 is 0. The maximum absolute atomic E-state index is 15.4. The van der Waals surface area contributed by atoms with E-state index >= 15 is 8.78 Å². The molecular formula is C40H36F6N12O4. The Bertz CT molecular complexity index is 2790. The molecule has 10 rings (SSSR count). The summed E-state index contributed by atoms with van der Waals surface area (Å²) in [6.45, 7) is 1.68. The number of nitrogens with zero attached hydrogens (tertiary/aromatic N) is 12. The van der Waals surface area contributed by atoms with E-state index in [1.165, 1.54) is 42.6 Å². The van der Waals surface area contributed by atoms with Crippen molar-refractivity contribution in [1.29, 1.82) is 0 Å². The van der Waals surface area contributed by atoms with Crippen LogP contribution in [0.1, 0.15) is 18.7 Å². The van der Waals surface area contributed by atoms with Gasteiger partial charge in [-0.2, -0.15) is 33.2 Å². The van der Waals surface area contributed by atoms with Crippen molar-refractivity contribution in [1.82, 2.24) is 49.1 Å². The van der Waals surface area contributed by atoms with Crippen molar-refractivity contribution in [3.05, 3.63) is 72.1 Å². The van der Waals surface area contributed by atoms with Crippen LogP contribution in [0.3, 0.4) is 0 Å². The standard InChI is InChI=1S/C40H36F6N12O4/c1-19-49-30-10-21(42)8-26-29-6-7-47-39(50-29)62-24-12-32(36(59)53(2)16-25(61-3)18-55(19)33(26)30)56(17-24)34-27-13-48-58(31-5-4-20(41)9-28(31)43)35(27)52-38(51-34)57-22-11-23(57)15-54(14-22)37(60)40(44,45)46/h4-10,13,22-25,32H,11-12,14-18H2,1-3H3/t22?,23?,24-,25+,32-/m0/s1. The number of anilines is 2. The second-order valence-electron chi connectivity index (χ2n) is 15.9. The first-order chi connectivity index (χ1) is 29.6. The maximum atomic E-state index is 15.4. The van der Waals surface area contributed by atoms with Crippen LogP contribution in [0.25, 0.3) is 39.0 Å². The fourth-order valence-electron chi connectivity index (χ4n) is 9.20. The predicted molar refractivity (Wildman–Crippen MR) is 208 cm³/mol. The molecule has 4 aromatic heterocycles. The molecule has 62 heavy (non-hydrogen) atoms. The van der Waals surface area contributed by atoms with Gasteiger partial charge in [0.15, 0.2) is 11.5 Å². The van der Waals surface area contributed by atoms with Crippen LogP contribution in [0.4, 0.5) is 38.1 Å². The smallest absolute Gasteiger partial charge is 0.458 e. The van der Waals surface area contributed by atoms with Crippen molar-refractivity contribution in [3.63, 3.8) is 0 Å². The highest BCUT2D eigenvalue weighted by molar-refractivity contribution is 5.94. The van der Waals surface area contributed by atoms with Gasteiger partial charge in [-0.3, -0.25) is 9.59 Å². The SMILES string of the molecule is CO[C@@H]1CN(C)C(=O)[C@@H]2C[C@@H](CN2c2nc(N3C4CC3CN(C(=O)C(F)(F)F)C4)nc3c2cnn3-c2ccc(F)cc2F)Oc2nccc(n2)-c2cc(F)cc3nc(C)n(c23)C1. The van der Waals surface area contributed by atoms with Gasteiger partial charge in [-0.25, -0.2) is 27.8 Å². The fourth-order valence-corrected chi connectivity index (χ4v) is 9.20. The normalized spacial score (nSPS) is 22.8. The topological polar surface area (TPSA) is 153 Å². The molecule has 0 radical (unpaired) electrons. The molecule has 16 nitrogen and oxygen atoms in total. The number of carbonyl (C=O) groups excluding carboxylic acids is 2. The van der Waals surface area contributed by atoms with Crippen LogP contribution in [-0.2, 0) is 20.9 Å². The lowest BCUT2D eigenvalue weighted by molar-refractivity contribution is -0.188. The van der Waals surface area contributed by atoms with E-state index in [2.05, 4.69) is 20.1 Å². The first-order valence-corrected chi connectivity index (χ1v) is 19.7. The van der Waals surface area contributed by atoms with Crippen molar-refractivity contribution in [2.24, 2.45) is 0 Å². The zero-order chi connectivity index (χ0) is 43.4. The highest BCUT2D eigenvalue weighted by Crippen LogP contribution is 2.41. The number of likely N-dealkylation sites (N-methyl/N-ethyl adjacent to an activating group) is 1. The number of carbonyl (C=O) groups is 2. The zero-order valence-electron chi connectivity index (χ0n) is 33.2. The molecule has 6 bridgehead atoms. The summed E-state index contributed by atoms with van der Waals surface area (Å²) < 4.78 is 100. The summed E-state index contributed by atoms with van der Waals surface area (Å²) in [6.07, 6.45) is -2.92. The lowest BCUT2D eigenvalue weighted by Gasteiger charge is -2.56. The van der Waals surface area contributed by atoms with Crippen LogP contribution in [0.15, 0.2) is 48.8 Å². The first-order valence-electron chi connectivity index (χ1n) is 19.7.